The molecule has 1 amide bonds. The monoisotopic (exact) mass is 450 g/mol. The zero-order valence-corrected chi connectivity index (χ0v) is 17.1. The fraction of sp³-hybridized carbons (Fsp3) is 0.111. The predicted octanol–water partition coefficient (Wildman–Crippen LogP) is 3.67. The normalized spacial score (nSPS) is 11.1. The van der Waals surface area contributed by atoms with Crippen LogP contribution in [-0.2, 0) is 11.4 Å². The molecule has 0 saturated carbocycles. The maximum Gasteiger partial charge on any atom is 0.435 e. The average Bonchev–Trinajstić information content (AvgIpc) is 3.17. The molecule has 0 bridgehead atoms. The Balaban J connectivity index is 1.68. The third-order valence-corrected chi connectivity index (χ3v) is 4.46. The highest BCUT2D eigenvalue weighted by molar-refractivity contribution is 6.42. The largest absolute Gasteiger partial charge is 0.497 e. The number of hydrogen-bond acceptors (Lipinski definition) is 8. The molecule has 0 fully saturated rings. The van der Waals surface area contributed by atoms with Gasteiger partial charge in [-0.15, -0.1) is 0 Å². The van der Waals surface area contributed by atoms with E-state index in [-0.39, 0.29) is 28.9 Å². The van der Waals surface area contributed by atoms with Gasteiger partial charge in [-0.05, 0) is 46.2 Å². The molecule has 0 aliphatic rings. The van der Waals surface area contributed by atoms with Crippen molar-refractivity contribution in [2.45, 2.75) is 6.54 Å². The average molecular weight is 451 g/mol. The first-order chi connectivity index (χ1) is 14.5. The molecule has 1 aromatic heterocycles. The minimum Gasteiger partial charge on any atom is -0.497 e. The number of nitrogens with zero attached hydrogens (tertiary/aromatic N) is 3. The molecule has 0 aliphatic carbocycles. The second-order valence-corrected chi connectivity index (χ2v) is 6.57. The van der Waals surface area contributed by atoms with Gasteiger partial charge in [0.05, 0.1) is 23.7 Å². The number of aliphatic imine (C=N–C) groups is 1. The molecule has 0 radical (unpaired) electrons. The van der Waals surface area contributed by atoms with Gasteiger partial charge in [0.15, 0.2) is 17.3 Å². The highest BCUT2D eigenvalue weighted by Gasteiger charge is 2.16. The van der Waals surface area contributed by atoms with E-state index < -0.39 is 6.09 Å². The van der Waals surface area contributed by atoms with E-state index in [1.807, 2.05) is 12.1 Å². The standard InChI is InChI=1S/C18H16Cl2N6O4/c1-28-12-5-2-10(3-6-12)9-22-17(15-16(21)25-30-24-15)26-29-18(27)23-11-4-7-13(19)14(20)8-11/h2-8H,9H2,1H3,(H2,21,25)(H,22,26)(H,23,27). The number of benzene rings is 2. The molecule has 156 valence electrons. The third-order valence-electron chi connectivity index (χ3n) is 3.72. The molecule has 4 N–H and O–H groups in total. The number of aromatic nitrogens is 2. The number of nitrogen functional groups attached to an aromatic ring is 1. The SMILES string of the molecule is COc1ccc(CN=C(NOC(=O)Nc2ccc(Cl)c(Cl)c2)c2nonc2N)cc1. The summed E-state index contributed by atoms with van der Waals surface area (Å²) in [6.45, 7) is 0.233. The van der Waals surface area contributed by atoms with Crippen molar-refractivity contribution in [3.8, 4) is 5.75 Å². The molecule has 0 atom stereocenters. The Labute approximate surface area is 180 Å². The Morgan fingerprint density at radius 2 is 1.93 bits per heavy atom. The van der Waals surface area contributed by atoms with Crippen LogP contribution < -0.4 is 21.3 Å². The molecule has 12 heteroatoms. The molecule has 0 saturated heterocycles. The number of hydroxylamine groups is 1. The van der Waals surface area contributed by atoms with Crippen LogP contribution in [0.3, 0.4) is 0 Å². The molecule has 0 aliphatic heterocycles. The lowest BCUT2D eigenvalue weighted by Crippen LogP contribution is -2.31. The van der Waals surface area contributed by atoms with Crippen LogP contribution in [0.4, 0.5) is 16.3 Å². The minimum atomic E-state index is -0.833. The van der Waals surface area contributed by atoms with Crippen molar-refractivity contribution in [2.24, 2.45) is 4.99 Å². The van der Waals surface area contributed by atoms with E-state index in [1.165, 1.54) is 12.1 Å². The highest BCUT2D eigenvalue weighted by Crippen LogP contribution is 2.25. The molecule has 2 aromatic carbocycles. The van der Waals surface area contributed by atoms with Gasteiger partial charge in [0, 0.05) is 5.69 Å². The zero-order valence-electron chi connectivity index (χ0n) is 15.6. The quantitative estimate of drug-likeness (QED) is 0.304. The van der Waals surface area contributed by atoms with E-state index in [0.717, 1.165) is 5.56 Å². The molecule has 1 heterocycles. The van der Waals surface area contributed by atoms with Crippen LogP contribution in [0.25, 0.3) is 0 Å². The Morgan fingerprint density at radius 3 is 2.57 bits per heavy atom. The van der Waals surface area contributed by atoms with E-state index >= 15 is 0 Å². The molecule has 0 spiro atoms. The summed E-state index contributed by atoms with van der Waals surface area (Å²) >= 11 is 11.8. The van der Waals surface area contributed by atoms with Crippen LogP contribution in [0.1, 0.15) is 11.3 Å². The number of nitrogens with two attached hydrogens (primary N) is 1. The van der Waals surface area contributed by atoms with Gasteiger partial charge >= 0.3 is 6.09 Å². The van der Waals surface area contributed by atoms with E-state index in [1.54, 1.807) is 25.3 Å². The number of nitrogens with one attached hydrogen (secondary N) is 2. The Morgan fingerprint density at radius 1 is 1.17 bits per heavy atom. The van der Waals surface area contributed by atoms with Gasteiger partial charge in [0.2, 0.25) is 0 Å². The van der Waals surface area contributed by atoms with Crippen LogP contribution in [0.2, 0.25) is 10.0 Å². The van der Waals surface area contributed by atoms with Crippen LogP contribution in [-0.4, -0.2) is 29.4 Å². The summed E-state index contributed by atoms with van der Waals surface area (Å²) in [6.07, 6.45) is -0.833. The molecule has 0 unspecified atom stereocenters. The lowest BCUT2D eigenvalue weighted by Gasteiger charge is -2.10. The maximum atomic E-state index is 12.1. The predicted molar refractivity (Wildman–Crippen MR) is 112 cm³/mol. The fourth-order valence-electron chi connectivity index (χ4n) is 2.23. The Kier molecular flexibility index (Phi) is 6.94. The summed E-state index contributed by atoms with van der Waals surface area (Å²) < 4.78 is 9.71. The van der Waals surface area contributed by atoms with Crippen molar-refractivity contribution in [3.63, 3.8) is 0 Å². The van der Waals surface area contributed by atoms with Crippen LogP contribution in [0, 0.1) is 0 Å². The number of carbonyl (C=O) groups is 1. The second-order valence-electron chi connectivity index (χ2n) is 5.76. The summed E-state index contributed by atoms with van der Waals surface area (Å²) in [5, 5.41) is 10.3. The Bertz CT molecular complexity index is 1060. The van der Waals surface area contributed by atoms with Crippen LogP contribution in [0.15, 0.2) is 52.1 Å². The van der Waals surface area contributed by atoms with E-state index in [2.05, 4.69) is 30.7 Å². The summed E-state index contributed by atoms with van der Waals surface area (Å²) in [5.41, 5.74) is 9.47. The van der Waals surface area contributed by atoms with E-state index in [9.17, 15) is 4.79 Å². The number of rotatable bonds is 5. The first-order valence-corrected chi connectivity index (χ1v) is 9.16. The first-order valence-electron chi connectivity index (χ1n) is 8.41. The molecule has 10 nitrogen and oxygen atoms in total. The van der Waals surface area contributed by atoms with Gasteiger partial charge in [-0.1, -0.05) is 35.3 Å². The summed E-state index contributed by atoms with van der Waals surface area (Å²) in [7, 11) is 1.58. The van der Waals surface area contributed by atoms with Crippen LogP contribution >= 0.6 is 23.2 Å². The van der Waals surface area contributed by atoms with Gasteiger partial charge in [-0.25, -0.2) is 9.42 Å². The molecular formula is C18H16Cl2N6O4. The minimum absolute atomic E-state index is 0.0236. The number of halogens is 2. The number of carbonyl (C=O) groups excluding carboxylic acids is 1. The van der Waals surface area contributed by atoms with Gasteiger partial charge in [-0.3, -0.25) is 10.3 Å². The van der Waals surface area contributed by atoms with Crippen LogP contribution in [0.5, 0.6) is 5.75 Å². The number of anilines is 2. The number of hydrogen-bond donors (Lipinski definition) is 3. The first kappa shape index (κ1) is 21.2. The zero-order chi connectivity index (χ0) is 21.5. The second kappa shape index (κ2) is 9.81. The van der Waals surface area contributed by atoms with Gasteiger partial charge < -0.3 is 15.3 Å². The van der Waals surface area contributed by atoms with Gasteiger partial charge in [-0.2, -0.15) is 5.48 Å². The highest BCUT2D eigenvalue weighted by atomic mass is 35.5. The third kappa shape index (κ3) is 5.52. The fourth-order valence-corrected chi connectivity index (χ4v) is 2.53. The topological polar surface area (TPSA) is 137 Å². The molecule has 3 aromatic rings. The smallest absolute Gasteiger partial charge is 0.435 e. The summed E-state index contributed by atoms with van der Waals surface area (Å²) in [4.78, 5) is 21.4. The number of amidine groups is 1. The number of amides is 1. The molecule has 30 heavy (non-hydrogen) atoms. The summed E-state index contributed by atoms with van der Waals surface area (Å²) in [5.74, 6) is 0.742. The van der Waals surface area contributed by atoms with Crippen molar-refractivity contribution in [3.05, 3.63) is 63.8 Å². The molecule has 3 rings (SSSR count). The summed E-state index contributed by atoms with van der Waals surface area (Å²) in [6, 6.07) is 11.8. The maximum absolute atomic E-state index is 12.1. The van der Waals surface area contributed by atoms with Crippen molar-refractivity contribution in [2.75, 3.05) is 18.2 Å². The van der Waals surface area contributed by atoms with Crippen molar-refractivity contribution >= 4 is 46.6 Å². The van der Waals surface area contributed by atoms with Gasteiger partial charge in [0.1, 0.15) is 5.75 Å². The van der Waals surface area contributed by atoms with Crippen molar-refractivity contribution in [1.82, 2.24) is 15.8 Å². The lowest BCUT2D eigenvalue weighted by molar-refractivity contribution is 0.135. The van der Waals surface area contributed by atoms with Crippen molar-refractivity contribution in [1.29, 1.82) is 0 Å². The number of methoxy groups -OCH3 is 1. The van der Waals surface area contributed by atoms with E-state index in [4.69, 9.17) is 38.5 Å². The number of ether oxygens (including phenoxy) is 1. The van der Waals surface area contributed by atoms with E-state index in [0.29, 0.717) is 16.5 Å². The van der Waals surface area contributed by atoms with Gasteiger partial charge in [0.25, 0.3) is 0 Å². The van der Waals surface area contributed by atoms with Crippen molar-refractivity contribution < 1.29 is 19.0 Å². The Hall–Kier alpha value is -3.50. The molecular weight excluding hydrogens is 435 g/mol. The lowest BCUT2D eigenvalue weighted by atomic mass is 10.2.